The molecule has 1 aromatic rings. The Balaban J connectivity index is 1.74. The number of rotatable bonds is 7. The number of dihydropyridines is 1. The summed E-state index contributed by atoms with van der Waals surface area (Å²) < 4.78 is 5.48. The molecule has 0 saturated heterocycles. The molecule has 0 saturated carbocycles. The molecule has 170 valence electrons. The van der Waals surface area contributed by atoms with Crippen LogP contribution in [0.15, 0.2) is 59.5 Å². The second-order valence-corrected chi connectivity index (χ2v) is 9.38. The first-order valence-electron chi connectivity index (χ1n) is 11.4. The second-order valence-electron chi connectivity index (χ2n) is 9.38. The van der Waals surface area contributed by atoms with Gasteiger partial charge in [0.15, 0.2) is 5.78 Å². The summed E-state index contributed by atoms with van der Waals surface area (Å²) in [5, 5.41) is 6.70. The molecule has 0 aromatic carbocycles. The lowest BCUT2D eigenvalue weighted by atomic mass is 9.68. The van der Waals surface area contributed by atoms with Crippen LogP contribution in [0.25, 0.3) is 0 Å². The summed E-state index contributed by atoms with van der Waals surface area (Å²) in [6.45, 7) is 8.00. The second kappa shape index (κ2) is 9.18. The number of carbonyl (C=O) groups is 2. The average molecular weight is 437 g/mol. The van der Waals surface area contributed by atoms with Crippen LogP contribution < -0.4 is 10.6 Å². The van der Waals surface area contributed by atoms with Crippen LogP contribution in [0.3, 0.4) is 0 Å². The van der Waals surface area contributed by atoms with Gasteiger partial charge in [-0.3, -0.25) is 9.78 Å². The third kappa shape index (κ3) is 4.56. The van der Waals surface area contributed by atoms with E-state index in [1.54, 1.807) is 19.3 Å². The number of carbonyl (C=O) groups excluding carboxylic acids is 2. The molecule has 1 atom stereocenters. The number of nitrogens with zero attached hydrogens (tertiary/aromatic N) is 2. The Labute approximate surface area is 189 Å². The quantitative estimate of drug-likeness (QED) is 0.634. The van der Waals surface area contributed by atoms with Crippen LogP contribution >= 0.6 is 0 Å². The van der Waals surface area contributed by atoms with E-state index in [9.17, 15) is 9.59 Å². The average Bonchev–Trinajstić information content (AvgIpc) is 3.26. The number of esters is 1. The zero-order valence-electron chi connectivity index (χ0n) is 19.1. The van der Waals surface area contributed by atoms with E-state index < -0.39 is 5.92 Å². The molecule has 7 heteroatoms. The van der Waals surface area contributed by atoms with Gasteiger partial charge in [-0.05, 0) is 43.2 Å². The van der Waals surface area contributed by atoms with E-state index in [0.29, 0.717) is 24.0 Å². The molecule has 2 N–H and O–H groups in total. The van der Waals surface area contributed by atoms with Crippen LogP contribution in [0.5, 0.6) is 0 Å². The molecule has 32 heavy (non-hydrogen) atoms. The van der Waals surface area contributed by atoms with Crippen LogP contribution in [0.1, 0.15) is 57.9 Å². The number of hydrogen-bond acceptors (Lipinski definition) is 7. The predicted molar refractivity (Wildman–Crippen MR) is 122 cm³/mol. The minimum Gasteiger partial charge on any atom is -0.463 e. The summed E-state index contributed by atoms with van der Waals surface area (Å²) in [4.78, 5) is 33.0. The number of Topliss-reactive ketones (excluding diaryl/α,β-unsaturated/α-hetero) is 1. The summed E-state index contributed by atoms with van der Waals surface area (Å²) in [5.41, 5.74) is 3.75. The molecular weight excluding hydrogens is 404 g/mol. The molecule has 7 nitrogen and oxygen atoms in total. The Kier molecular flexibility index (Phi) is 6.35. The molecular formula is C25H32N4O3. The van der Waals surface area contributed by atoms with Crippen molar-refractivity contribution in [1.29, 1.82) is 0 Å². The van der Waals surface area contributed by atoms with Gasteiger partial charge in [0.1, 0.15) is 0 Å². The fraction of sp³-hybridized carbons (Fsp3) is 0.480. The highest BCUT2D eigenvalue weighted by Gasteiger charge is 2.43. The molecule has 0 bridgehead atoms. The highest BCUT2D eigenvalue weighted by Crippen LogP contribution is 2.47. The Bertz CT molecular complexity index is 978. The summed E-state index contributed by atoms with van der Waals surface area (Å²) in [7, 11) is 0. The van der Waals surface area contributed by atoms with Gasteiger partial charge in [0.2, 0.25) is 0 Å². The number of ether oxygens (including phenoxy) is 1. The van der Waals surface area contributed by atoms with Gasteiger partial charge in [-0.15, -0.1) is 0 Å². The number of ketones is 1. The van der Waals surface area contributed by atoms with E-state index in [1.165, 1.54) is 0 Å². The number of allylic oxidation sites excluding steroid dienone is 3. The first kappa shape index (κ1) is 22.1. The minimum absolute atomic E-state index is 0.0896. The van der Waals surface area contributed by atoms with Crippen LogP contribution in [-0.4, -0.2) is 41.5 Å². The van der Waals surface area contributed by atoms with Crippen molar-refractivity contribution in [2.45, 2.75) is 52.4 Å². The van der Waals surface area contributed by atoms with Crippen LogP contribution in [0.4, 0.5) is 0 Å². The lowest BCUT2D eigenvalue weighted by Gasteiger charge is -2.40. The first-order chi connectivity index (χ1) is 15.4. The first-order valence-corrected chi connectivity index (χ1v) is 11.4. The van der Waals surface area contributed by atoms with Gasteiger partial charge < -0.3 is 20.3 Å². The molecule has 0 radical (unpaired) electrons. The molecule has 0 fully saturated rings. The van der Waals surface area contributed by atoms with Crippen LogP contribution in [0, 0.1) is 5.41 Å². The zero-order chi connectivity index (χ0) is 22.7. The largest absolute Gasteiger partial charge is 0.463 e. The predicted octanol–water partition coefficient (Wildman–Crippen LogP) is 3.34. The molecule has 1 aliphatic carbocycles. The Morgan fingerprint density at radius 2 is 2.19 bits per heavy atom. The van der Waals surface area contributed by atoms with Gasteiger partial charge in [-0.2, -0.15) is 0 Å². The SMILES string of the molecule is CCOC(=O)C1=C(CCCN2C=CNC2)NC2=C(C(=O)CC(C)(C)C2)C1c1cccnc1. The van der Waals surface area contributed by atoms with E-state index in [0.717, 1.165) is 43.0 Å². The van der Waals surface area contributed by atoms with E-state index in [1.807, 2.05) is 24.5 Å². The normalized spacial score (nSPS) is 21.9. The van der Waals surface area contributed by atoms with Crippen LogP contribution in [-0.2, 0) is 14.3 Å². The Morgan fingerprint density at radius 3 is 2.88 bits per heavy atom. The van der Waals surface area contributed by atoms with Crippen molar-refractivity contribution >= 4 is 11.8 Å². The van der Waals surface area contributed by atoms with Crippen molar-refractivity contribution in [3.8, 4) is 0 Å². The molecule has 3 heterocycles. The standard InChI is InChI=1S/C25H32N4O3/c1-4-32-24(31)23-18(8-6-11-29-12-10-27-16-29)28-19-13-25(2,3)14-20(30)22(19)21(23)17-7-5-9-26-15-17/h5,7,9-10,12,15,21,27-28H,4,6,8,11,13-14,16H2,1-3H3. The molecule has 3 aliphatic rings. The van der Waals surface area contributed by atoms with Crippen molar-refractivity contribution in [3.63, 3.8) is 0 Å². The van der Waals surface area contributed by atoms with Crippen molar-refractivity contribution < 1.29 is 14.3 Å². The van der Waals surface area contributed by atoms with Gasteiger partial charge in [-0.1, -0.05) is 19.9 Å². The molecule has 2 aliphatic heterocycles. The van der Waals surface area contributed by atoms with Gasteiger partial charge >= 0.3 is 5.97 Å². The Hall–Kier alpha value is -3.09. The van der Waals surface area contributed by atoms with Gasteiger partial charge in [0.25, 0.3) is 0 Å². The number of aromatic nitrogens is 1. The molecule has 4 rings (SSSR count). The van der Waals surface area contributed by atoms with Gasteiger partial charge in [0, 0.05) is 60.6 Å². The maximum atomic E-state index is 13.3. The molecule has 1 unspecified atom stereocenters. The number of nitrogens with one attached hydrogen (secondary N) is 2. The fourth-order valence-corrected chi connectivity index (χ4v) is 4.87. The minimum atomic E-state index is -0.453. The van der Waals surface area contributed by atoms with Gasteiger partial charge in [0.05, 0.1) is 18.8 Å². The lowest BCUT2D eigenvalue weighted by molar-refractivity contribution is -0.138. The monoisotopic (exact) mass is 436 g/mol. The highest BCUT2D eigenvalue weighted by molar-refractivity contribution is 6.04. The third-order valence-corrected chi connectivity index (χ3v) is 6.21. The molecule has 1 aromatic heterocycles. The van der Waals surface area contributed by atoms with E-state index in [-0.39, 0.29) is 23.8 Å². The summed E-state index contributed by atoms with van der Waals surface area (Å²) in [6.07, 6.45) is 10.2. The highest BCUT2D eigenvalue weighted by atomic mass is 16.5. The van der Waals surface area contributed by atoms with E-state index in [2.05, 4.69) is 34.4 Å². The number of hydrogen-bond donors (Lipinski definition) is 2. The summed E-state index contributed by atoms with van der Waals surface area (Å²) in [5.74, 6) is -0.728. The fourth-order valence-electron chi connectivity index (χ4n) is 4.87. The zero-order valence-corrected chi connectivity index (χ0v) is 19.1. The van der Waals surface area contributed by atoms with Gasteiger partial charge in [-0.25, -0.2) is 4.79 Å². The Morgan fingerprint density at radius 1 is 1.34 bits per heavy atom. The van der Waals surface area contributed by atoms with Crippen molar-refractivity contribution in [2.24, 2.45) is 5.41 Å². The number of pyridine rings is 1. The lowest BCUT2D eigenvalue weighted by Crippen LogP contribution is -2.39. The van der Waals surface area contributed by atoms with Crippen molar-refractivity contribution in [1.82, 2.24) is 20.5 Å². The molecule has 0 spiro atoms. The van der Waals surface area contributed by atoms with E-state index in [4.69, 9.17) is 4.74 Å². The summed E-state index contributed by atoms with van der Waals surface area (Å²) >= 11 is 0. The summed E-state index contributed by atoms with van der Waals surface area (Å²) in [6, 6.07) is 3.79. The smallest absolute Gasteiger partial charge is 0.336 e. The third-order valence-electron chi connectivity index (χ3n) is 6.21. The van der Waals surface area contributed by atoms with Crippen LogP contribution in [0.2, 0.25) is 0 Å². The topological polar surface area (TPSA) is 83.6 Å². The molecule has 0 amide bonds. The maximum Gasteiger partial charge on any atom is 0.336 e. The van der Waals surface area contributed by atoms with Crippen molar-refractivity contribution in [2.75, 3.05) is 19.8 Å². The van der Waals surface area contributed by atoms with Crippen molar-refractivity contribution in [3.05, 3.63) is 65.0 Å². The maximum absolute atomic E-state index is 13.3. The van der Waals surface area contributed by atoms with E-state index >= 15 is 0 Å².